The van der Waals surface area contributed by atoms with Gasteiger partial charge in [-0.05, 0) is 40.5 Å². The van der Waals surface area contributed by atoms with Gasteiger partial charge < -0.3 is 9.84 Å². The minimum absolute atomic E-state index is 0.0798. The van der Waals surface area contributed by atoms with Crippen LogP contribution in [0.2, 0.25) is 0 Å². The Bertz CT molecular complexity index is 1320. The molecule has 0 saturated heterocycles. The smallest absolute Gasteiger partial charge is 0.307 e. The summed E-state index contributed by atoms with van der Waals surface area (Å²) in [6.45, 7) is 0.152. The van der Waals surface area contributed by atoms with Gasteiger partial charge in [0.15, 0.2) is 0 Å². The summed E-state index contributed by atoms with van der Waals surface area (Å²) in [4.78, 5) is 28.8. The number of carbonyl (C=O) groups excluding carboxylic acids is 1. The van der Waals surface area contributed by atoms with Crippen LogP contribution in [0.4, 0.5) is 4.39 Å². The Kier molecular flexibility index (Phi) is 5.64. The molecule has 1 heterocycles. The molecule has 1 aromatic heterocycles. The number of esters is 1. The Balaban J connectivity index is 1.27. The van der Waals surface area contributed by atoms with Crippen LogP contribution in [0, 0.1) is 11.7 Å². The molecule has 0 radical (unpaired) electrons. The number of ether oxygens (including phenoxy) is 1. The molecule has 33 heavy (non-hydrogen) atoms. The zero-order valence-corrected chi connectivity index (χ0v) is 18.3. The van der Waals surface area contributed by atoms with Crippen LogP contribution < -0.4 is 0 Å². The Morgan fingerprint density at radius 2 is 1.70 bits per heavy atom. The monoisotopic (exact) mass is 461 g/mol. The third-order valence-corrected chi connectivity index (χ3v) is 6.99. The average molecular weight is 462 g/mol. The third-order valence-electron chi connectivity index (χ3n) is 5.95. The second-order valence-corrected chi connectivity index (χ2v) is 9.19. The molecule has 0 unspecified atom stereocenters. The molecule has 166 valence electrons. The van der Waals surface area contributed by atoms with Crippen LogP contribution >= 0.6 is 11.3 Å². The van der Waals surface area contributed by atoms with Gasteiger partial charge in [0.1, 0.15) is 12.4 Å². The summed E-state index contributed by atoms with van der Waals surface area (Å²) >= 11 is 1.24. The lowest BCUT2D eigenvalue weighted by atomic mass is 9.98. The second-order valence-electron chi connectivity index (χ2n) is 8.07. The van der Waals surface area contributed by atoms with E-state index in [-0.39, 0.29) is 31.2 Å². The molecule has 1 aliphatic carbocycles. The van der Waals surface area contributed by atoms with Crippen molar-refractivity contribution in [2.75, 3.05) is 6.61 Å². The van der Waals surface area contributed by atoms with Gasteiger partial charge in [-0.3, -0.25) is 9.59 Å². The van der Waals surface area contributed by atoms with Crippen molar-refractivity contribution in [3.8, 4) is 11.1 Å². The number of nitrogens with zero attached hydrogens (tertiary/aromatic N) is 1. The molecule has 1 N–H and O–H groups in total. The molecule has 4 aromatic rings. The number of halogens is 1. The zero-order chi connectivity index (χ0) is 22.9. The van der Waals surface area contributed by atoms with Crippen molar-refractivity contribution in [1.29, 1.82) is 0 Å². The molecule has 0 amide bonds. The van der Waals surface area contributed by atoms with Crippen LogP contribution in [0.3, 0.4) is 0 Å². The predicted molar refractivity (Wildman–Crippen MR) is 124 cm³/mol. The molecule has 0 aliphatic heterocycles. The molecule has 0 spiro atoms. The normalized spacial score (nSPS) is 13.5. The molecule has 5 nitrogen and oxygen atoms in total. The molecule has 1 aliphatic rings. The number of aliphatic carboxylic acids is 1. The fourth-order valence-electron chi connectivity index (χ4n) is 4.37. The summed E-state index contributed by atoms with van der Waals surface area (Å²) in [7, 11) is 0. The number of aromatic nitrogens is 1. The lowest BCUT2D eigenvalue weighted by Gasteiger charge is -2.15. The Labute approximate surface area is 193 Å². The van der Waals surface area contributed by atoms with Crippen molar-refractivity contribution in [3.05, 3.63) is 88.7 Å². The van der Waals surface area contributed by atoms with E-state index in [2.05, 4.69) is 17.1 Å². The summed E-state index contributed by atoms with van der Waals surface area (Å²) in [6.07, 6.45) is -0.171. The molecule has 0 saturated carbocycles. The standard InChI is InChI=1S/C26H20FNO4S/c27-16-9-10-22-23(13-16)33-24(28-22)11-15(26(30)31)12-25(29)32-14-21-19-7-3-1-5-17(19)18-6-2-4-8-20(18)21/h1-10,13,15,21H,11-12,14H2,(H,30,31)/t15-/m1/s1. The highest BCUT2D eigenvalue weighted by molar-refractivity contribution is 7.18. The number of carboxylic acids is 1. The van der Waals surface area contributed by atoms with E-state index >= 15 is 0 Å². The van der Waals surface area contributed by atoms with Gasteiger partial charge in [-0.15, -0.1) is 11.3 Å². The molecular weight excluding hydrogens is 441 g/mol. The van der Waals surface area contributed by atoms with Crippen molar-refractivity contribution in [1.82, 2.24) is 4.98 Å². The van der Waals surface area contributed by atoms with E-state index in [1.54, 1.807) is 6.07 Å². The van der Waals surface area contributed by atoms with Gasteiger partial charge in [-0.2, -0.15) is 0 Å². The fourth-order valence-corrected chi connectivity index (χ4v) is 5.44. The van der Waals surface area contributed by atoms with Crippen LogP contribution in [0.25, 0.3) is 21.3 Å². The van der Waals surface area contributed by atoms with E-state index in [9.17, 15) is 19.1 Å². The lowest BCUT2D eigenvalue weighted by Crippen LogP contribution is -2.22. The maximum atomic E-state index is 13.4. The number of thiazole rings is 1. The van der Waals surface area contributed by atoms with E-state index in [1.165, 1.54) is 23.5 Å². The maximum absolute atomic E-state index is 13.4. The minimum atomic E-state index is -1.09. The van der Waals surface area contributed by atoms with Crippen molar-refractivity contribution < 1.29 is 23.8 Å². The van der Waals surface area contributed by atoms with Crippen LogP contribution in [-0.2, 0) is 20.7 Å². The number of fused-ring (bicyclic) bond motifs is 4. The van der Waals surface area contributed by atoms with Gasteiger partial charge in [-0.25, -0.2) is 9.37 Å². The number of carbonyl (C=O) groups is 2. The van der Waals surface area contributed by atoms with E-state index < -0.39 is 17.9 Å². The van der Waals surface area contributed by atoms with E-state index in [0.717, 1.165) is 22.3 Å². The number of benzene rings is 3. The maximum Gasteiger partial charge on any atom is 0.307 e. The second kappa shape index (κ2) is 8.75. The van der Waals surface area contributed by atoms with Crippen molar-refractivity contribution in [3.63, 3.8) is 0 Å². The SMILES string of the molecule is O=C(C[C@@H](Cc1nc2ccc(F)cc2s1)C(=O)O)OCC1c2ccccc2-c2ccccc21. The minimum Gasteiger partial charge on any atom is -0.481 e. The largest absolute Gasteiger partial charge is 0.481 e. The van der Waals surface area contributed by atoms with Crippen LogP contribution in [0.1, 0.15) is 28.5 Å². The van der Waals surface area contributed by atoms with Gasteiger partial charge in [-0.1, -0.05) is 48.5 Å². The first-order chi connectivity index (χ1) is 16.0. The molecule has 7 heteroatoms. The highest BCUT2D eigenvalue weighted by Gasteiger charge is 2.30. The van der Waals surface area contributed by atoms with E-state index in [4.69, 9.17) is 4.74 Å². The summed E-state index contributed by atoms with van der Waals surface area (Å²) < 4.78 is 19.6. The number of hydrogen-bond acceptors (Lipinski definition) is 5. The Morgan fingerprint density at radius 3 is 2.36 bits per heavy atom. The van der Waals surface area contributed by atoms with Crippen molar-refractivity contribution >= 4 is 33.5 Å². The molecular formula is C26H20FNO4S. The Hall–Kier alpha value is -3.58. The number of carboxylic acid groups (broad SMARTS) is 1. The first-order valence-corrected chi connectivity index (χ1v) is 11.4. The van der Waals surface area contributed by atoms with E-state index in [1.807, 2.05) is 36.4 Å². The lowest BCUT2D eigenvalue weighted by molar-refractivity contribution is -0.151. The summed E-state index contributed by atoms with van der Waals surface area (Å²) in [5.41, 5.74) is 5.07. The summed E-state index contributed by atoms with van der Waals surface area (Å²) in [5.74, 6) is -3.06. The molecule has 5 rings (SSSR count). The van der Waals surface area contributed by atoms with E-state index in [0.29, 0.717) is 15.2 Å². The van der Waals surface area contributed by atoms with Gasteiger partial charge in [0.05, 0.1) is 27.6 Å². The highest BCUT2D eigenvalue weighted by atomic mass is 32.1. The van der Waals surface area contributed by atoms with Crippen LogP contribution in [0.15, 0.2) is 66.7 Å². The number of hydrogen-bond donors (Lipinski definition) is 1. The average Bonchev–Trinajstić information content (AvgIpc) is 3.35. The zero-order valence-electron chi connectivity index (χ0n) is 17.5. The molecule has 0 fully saturated rings. The number of rotatable bonds is 7. The van der Waals surface area contributed by atoms with Gasteiger partial charge in [0.2, 0.25) is 0 Å². The topological polar surface area (TPSA) is 76.5 Å². The fraction of sp³-hybridized carbons (Fsp3) is 0.192. The molecule has 3 aromatic carbocycles. The first kappa shape index (κ1) is 21.3. The first-order valence-electron chi connectivity index (χ1n) is 10.6. The van der Waals surface area contributed by atoms with Crippen molar-refractivity contribution in [2.45, 2.75) is 18.8 Å². The quantitative estimate of drug-likeness (QED) is 0.372. The van der Waals surface area contributed by atoms with Crippen LogP contribution in [-0.4, -0.2) is 28.6 Å². The molecule has 0 bridgehead atoms. The predicted octanol–water partition coefficient (Wildman–Crippen LogP) is 5.42. The van der Waals surface area contributed by atoms with Gasteiger partial charge in [0.25, 0.3) is 0 Å². The highest BCUT2D eigenvalue weighted by Crippen LogP contribution is 2.44. The summed E-state index contributed by atoms with van der Waals surface area (Å²) in [5, 5.41) is 10.2. The molecule has 1 atom stereocenters. The summed E-state index contributed by atoms with van der Waals surface area (Å²) in [6, 6.07) is 20.3. The van der Waals surface area contributed by atoms with Gasteiger partial charge in [0, 0.05) is 12.3 Å². The van der Waals surface area contributed by atoms with Gasteiger partial charge >= 0.3 is 11.9 Å². The Morgan fingerprint density at radius 1 is 1.03 bits per heavy atom. The van der Waals surface area contributed by atoms with Crippen molar-refractivity contribution in [2.24, 2.45) is 5.92 Å². The van der Waals surface area contributed by atoms with Crippen LogP contribution in [0.5, 0.6) is 0 Å². The third kappa shape index (κ3) is 4.24.